The lowest BCUT2D eigenvalue weighted by Gasteiger charge is -2.18. The van der Waals surface area contributed by atoms with Gasteiger partial charge >= 0.3 is 0 Å². The monoisotopic (exact) mass is 428 g/mol. The molecular weight excluding hydrogens is 398 g/mol. The normalized spacial score (nSPS) is 17.3. The van der Waals surface area contributed by atoms with E-state index >= 15 is 0 Å². The maximum absolute atomic E-state index is 13.4. The zero-order valence-electron chi connectivity index (χ0n) is 18.3. The van der Waals surface area contributed by atoms with Crippen LogP contribution >= 0.6 is 0 Å². The largest absolute Gasteiger partial charge is 0.355 e. The van der Waals surface area contributed by atoms with Crippen LogP contribution in [0.15, 0.2) is 42.5 Å². The third-order valence-corrected chi connectivity index (χ3v) is 5.67. The van der Waals surface area contributed by atoms with E-state index in [4.69, 9.17) is 0 Å². The zero-order chi connectivity index (χ0) is 22.5. The number of nitrogens with one attached hydrogen (secondary N) is 1. The van der Waals surface area contributed by atoms with Gasteiger partial charge < -0.3 is 10.2 Å². The predicted octanol–water partition coefficient (Wildman–Crippen LogP) is 4.43. The fourth-order valence-corrected chi connectivity index (χ4v) is 4.03. The number of carbonyl (C=O) groups is 2. The Morgan fingerprint density at radius 1 is 1.06 bits per heavy atom. The number of rotatable bonds is 8. The Hall–Kier alpha value is -2.76. The van der Waals surface area contributed by atoms with Gasteiger partial charge in [-0.05, 0) is 48.1 Å². The molecule has 2 amide bonds. The molecule has 1 N–H and O–H groups in total. The van der Waals surface area contributed by atoms with Gasteiger partial charge in [-0.3, -0.25) is 9.59 Å². The van der Waals surface area contributed by atoms with Crippen molar-refractivity contribution in [3.8, 4) is 0 Å². The first-order chi connectivity index (χ1) is 14.7. The highest BCUT2D eigenvalue weighted by molar-refractivity contribution is 5.83. The average Bonchev–Trinajstić information content (AvgIpc) is 3.04. The molecule has 3 rings (SSSR count). The molecule has 166 valence electrons. The van der Waals surface area contributed by atoms with Gasteiger partial charge in [0.1, 0.15) is 11.6 Å². The molecule has 0 aliphatic carbocycles. The number of amides is 2. The molecular formula is C25H30F2N2O2. The van der Waals surface area contributed by atoms with Crippen molar-refractivity contribution in [1.82, 2.24) is 10.2 Å². The highest BCUT2D eigenvalue weighted by Gasteiger charge is 2.30. The lowest BCUT2D eigenvalue weighted by atomic mass is 9.96. The molecule has 1 fully saturated rings. The third kappa shape index (κ3) is 6.36. The Bertz CT molecular complexity index is 907. The van der Waals surface area contributed by atoms with Crippen molar-refractivity contribution in [3.63, 3.8) is 0 Å². The molecule has 0 bridgehead atoms. The lowest BCUT2D eigenvalue weighted by molar-refractivity contribution is -0.128. The van der Waals surface area contributed by atoms with Gasteiger partial charge in [0.2, 0.25) is 11.8 Å². The van der Waals surface area contributed by atoms with E-state index in [1.807, 2.05) is 19.1 Å². The van der Waals surface area contributed by atoms with Crippen molar-refractivity contribution in [3.05, 3.63) is 70.8 Å². The van der Waals surface area contributed by atoms with Crippen LogP contribution in [0.5, 0.6) is 0 Å². The van der Waals surface area contributed by atoms with Crippen LogP contribution in [0.2, 0.25) is 0 Å². The van der Waals surface area contributed by atoms with E-state index < -0.39 is 11.6 Å². The summed E-state index contributed by atoms with van der Waals surface area (Å²) in [5.74, 6) is -1.17. The van der Waals surface area contributed by atoms with Crippen LogP contribution in [-0.4, -0.2) is 29.8 Å². The van der Waals surface area contributed by atoms with Crippen LogP contribution in [0.1, 0.15) is 49.8 Å². The smallest absolute Gasteiger partial charge is 0.227 e. The van der Waals surface area contributed by atoms with Gasteiger partial charge in [0.15, 0.2) is 0 Å². The Labute approximate surface area is 182 Å². The Morgan fingerprint density at radius 2 is 1.71 bits per heavy atom. The number of benzene rings is 2. The number of carbonyl (C=O) groups excluding carboxylic acids is 2. The quantitative estimate of drug-likeness (QED) is 0.676. The highest BCUT2D eigenvalue weighted by Crippen LogP contribution is 2.22. The molecule has 1 aliphatic heterocycles. The Morgan fingerprint density at radius 3 is 2.32 bits per heavy atom. The third-order valence-electron chi connectivity index (χ3n) is 5.67. The second-order valence-corrected chi connectivity index (χ2v) is 8.93. The molecule has 2 atom stereocenters. The van der Waals surface area contributed by atoms with Crippen LogP contribution in [0.25, 0.3) is 0 Å². The van der Waals surface area contributed by atoms with Crippen molar-refractivity contribution in [2.45, 2.75) is 46.1 Å². The van der Waals surface area contributed by atoms with Crippen LogP contribution in [-0.2, 0) is 22.6 Å². The fraction of sp³-hybridized carbons (Fsp3) is 0.440. The summed E-state index contributed by atoms with van der Waals surface area (Å²) in [7, 11) is 0. The second-order valence-electron chi connectivity index (χ2n) is 8.93. The van der Waals surface area contributed by atoms with E-state index in [-0.39, 0.29) is 30.2 Å². The summed E-state index contributed by atoms with van der Waals surface area (Å²) < 4.78 is 26.8. The maximum atomic E-state index is 13.4. The van der Waals surface area contributed by atoms with Gasteiger partial charge in [-0.15, -0.1) is 0 Å². The van der Waals surface area contributed by atoms with Gasteiger partial charge in [-0.25, -0.2) is 8.78 Å². The van der Waals surface area contributed by atoms with E-state index in [1.165, 1.54) is 17.7 Å². The first-order valence-electron chi connectivity index (χ1n) is 10.8. The summed E-state index contributed by atoms with van der Waals surface area (Å²) in [5.41, 5.74) is 2.64. The molecule has 4 nitrogen and oxygen atoms in total. The lowest BCUT2D eigenvalue weighted by Crippen LogP contribution is -2.33. The molecule has 0 spiro atoms. The van der Waals surface area contributed by atoms with Crippen molar-refractivity contribution in [2.24, 2.45) is 11.8 Å². The maximum Gasteiger partial charge on any atom is 0.227 e. The fourth-order valence-electron chi connectivity index (χ4n) is 4.03. The highest BCUT2D eigenvalue weighted by atomic mass is 19.1. The molecule has 1 saturated heterocycles. The van der Waals surface area contributed by atoms with E-state index in [9.17, 15) is 18.4 Å². The van der Waals surface area contributed by atoms with Gasteiger partial charge in [-0.1, -0.05) is 38.1 Å². The standard InChI is InChI=1S/C25H30F2N2O2/c1-16(2)8-18-4-6-21(7-5-18)17(3)25(31)28-13-20-11-24(30)29(15-20)14-19-9-22(26)12-23(27)10-19/h4-7,9-10,12,16-17,20H,8,11,13-15H2,1-3H3,(H,28,31). The summed E-state index contributed by atoms with van der Waals surface area (Å²) >= 11 is 0. The SMILES string of the molecule is CC(C)Cc1ccc(C(C)C(=O)NCC2CC(=O)N(Cc3cc(F)cc(F)c3)C2)cc1. The van der Waals surface area contributed by atoms with Crippen molar-refractivity contribution in [2.75, 3.05) is 13.1 Å². The minimum Gasteiger partial charge on any atom is -0.355 e. The van der Waals surface area contributed by atoms with E-state index in [1.54, 1.807) is 4.90 Å². The van der Waals surface area contributed by atoms with Crippen molar-refractivity contribution >= 4 is 11.8 Å². The summed E-state index contributed by atoms with van der Waals surface area (Å²) in [6.07, 6.45) is 1.33. The van der Waals surface area contributed by atoms with Crippen LogP contribution in [0.4, 0.5) is 8.78 Å². The molecule has 0 radical (unpaired) electrons. The van der Waals surface area contributed by atoms with E-state index in [2.05, 4.69) is 31.3 Å². The molecule has 6 heteroatoms. The van der Waals surface area contributed by atoms with Crippen LogP contribution in [0, 0.1) is 23.5 Å². The molecule has 2 unspecified atom stereocenters. The molecule has 31 heavy (non-hydrogen) atoms. The number of hydrogen-bond acceptors (Lipinski definition) is 2. The van der Waals surface area contributed by atoms with Gasteiger partial charge in [0.05, 0.1) is 5.92 Å². The summed E-state index contributed by atoms with van der Waals surface area (Å²) in [5, 5.41) is 2.96. The van der Waals surface area contributed by atoms with Crippen molar-refractivity contribution in [1.29, 1.82) is 0 Å². The summed E-state index contributed by atoms with van der Waals surface area (Å²) in [4.78, 5) is 26.5. The molecule has 1 heterocycles. The van der Waals surface area contributed by atoms with Crippen molar-refractivity contribution < 1.29 is 18.4 Å². The average molecular weight is 429 g/mol. The van der Waals surface area contributed by atoms with E-state index in [0.717, 1.165) is 18.1 Å². The molecule has 2 aromatic rings. The minimum atomic E-state index is -0.656. The van der Waals surface area contributed by atoms with Gasteiger partial charge in [0, 0.05) is 38.0 Å². The first kappa shape index (κ1) is 22.9. The predicted molar refractivity (Wildman–Crippen MR) is 116 cm³/mol. The van der Waals surface area contributed by atoms with Crippen LogP contribution < -0.4 is 5.32 Å². The molecule has 0 saturated carbocycles. The Kier molecular flexibility index (Phi) is 7.42. The number of halogens is 2. The van der Waals surface area contributed by atoms with Crippen LogP contribution in [0.3, 0.4) is 0 Å². The molecule has 2 aromatic carbocycles. The summed E-state index contributed by atoms with van der Waals surface area (Å²) in [6.45, 7) is 7.24. The topological polar surface area (TPSA) is 49.4 Å². The minimum absolute atomic E-state index is 0.0181. The molecule has 1 aliphatic rings. The first-order valence-corrected chi connectivity index (χ1v) is 10.8. The number of hydrogen-bond donors (Lipinski definition) is 1. The molecule has 0 aromatic heterocycles. The van der Waals surface area contributed by atoms with E-state index in [0.29, 0.717) is 31.0 Å². The zero-order valence-corrected chi connectivity index (χ0v) is 18.3. The second kappa shape index (κ2) is 10.0. The number of nitrogens with zero attached hydrogens (tertiary/aromatic N) is 1. The van der Waals surface area contributed by atoms with Gasteiger partial charge in [0.25, 0.3) is 0 Å². The summed E-state index contributed by atoms with van der Waals surface area (Å²) in [6, 6.07) is 11.4. The Balaban J connectivity index is 1.50. The van der Waals surface area contributed by atoms with Gasteiger partial charge in [-0.2, -0.15) is 0 Å². The number of likely N-dealkylation sites (tertiary alicyclic amines) is 1.